The van der Waals surface area contributed by atoms with Crippen molar-refractivity contribution in [1.29, 1.82) is 0 Å². The summed E-state index contributed by atoms with van der Waals surface area (Å²) < 4.78 is 1.49. The smallest absolute Gasteiger partial charge is 0.269 e. The molecule has 2 aromatic heterocycles. The minimum Gasteiger partial charge on any atom is -0.298 e. The number of aromatic nitrogens is 2. The van der Waals surface area contributed by atoms with Gasteiger partial charge in [-0.2, -0.15) is 0 Å². The number of rotatable bonds is 2. The fraction of sp³-hybridized carbons (Fsp3) is 0.0714. The highest BCUT2D eigenvalue weighted by atomic mass is 32.1. The Kier molecular flexibility index (Phi) is 2.76. The molecule has 0 unspecified atom stereocenters. The van der Waals surface area contributed by atoms with Crippen molar-refractivity contribution in [3.8, 4) is 11.3 Å². The summed E-state index contributed by atoms with van der Waals surface area (Å²) in [5, 5.41) is 1.88. The summed E-state index contributed by atoms with van der Waals surface area (Å²) in [7, 11) is 0. The first-order chi connectivity index (χ1) is 9.20. The number of hydrogen-bond donors (Lipinski definition) is 0. The van der Waals surface area contributed by atoms with Gasteiger partial charge in [-0.15, -0.1) is 11.3 Å². The molecule has 3 aromatic rings. The summed E-state index contributed by atoms with van der Waals surface area (Å²) in [4.78, 5) is 27.7. The second-order valence-electron chi connectivity index (χ2n) is 4.24. The molecular formula is C14H10N2O2S. The van der Waals surface area contributed by atoms with Crippen LogP contribution in [0.1, 0.15) is 15.9 Å². The Hall–Kier alpha value is -2.27. The second kappa shape index (κ2) is 4.44. The molecule has 0 radical (unpaired) electrons. The number of fused-ring (bicyclic) bond motifs is 1. The van der Waals surface area contributed by atoms with E-state index in [9.17, 15) is 9.59 Å². The summed E-state index contributed by atoms with van der Waals surface area (Å²) >= 11 is 1.38. The largest absolute Gasteiger partial charge is 0.298 e. The molecule has 0 aliphatic heterocycles. The van der Waals surface area contributed by atoms with Crippen LogP contribution in [0.5, 0.6) is 0 Å². The Labute approximate surface area is 113 Å². The van der Waals surface area contributed by atoms with Crippen LogP contribution in [0.2, 0.25) is 0 Å². The number of nitrogens with zero attached hydrogens (tertiary/aromatic N) is 2. The van der Waals surface area contributed by atoms with Crippen LogP contribution >= 0.6 is 11.3 Å². The fourth-order valence-electron chi connectivity index (χ4n) is 1.91. The normalized spacial score (nSPS) is 10.8. The average molecular weight is 270 g/mol. The quantitative estimate of drug-likeness (QED) is 0.672. The fourth-order valence-corrected chi connectivity index (χ4v) is 2.77. The second-order valence-corrected chi connectivity index (χ2v) is 5.08. The van der Waals surface area contributed by atoms with Crippen molar-refractivity contribution in [3.63, 3.8) is 0 Å². The van der Waals surface area contributed by atoms with E-state index in [1.807, 2.05) is 36.6 Å². The van der Waals surface area contributed by atoms with Crippen LogP contribution in [0.25, 0.3) is 16.2 Å². The SMILES string of the molecule is Cc1ccc(-c2csc3ncc(C=O)c(=O)n23)cc1. The lowest BCUT2D eigenvalue weighted by atomic mass is 10.1. The molecule has 0 spiro atoms. The van der Waals surface area contributed by atoms with E-state index in [1.54, 1.807) is 0 Å². The lowest BCUT2D eigenvalue weighted by molar-refractivity contribution is 0.112. The maximum atomic E-state index is 12.2. The topological polar surface area (TPSA) is 51.4 Å². The van der Waals surface area contributed by atoms with Crippen molar-refractivity contribution >= 4 is 22.6 Å². The van der Waals surface area contributed by atoms with Gasteiger partial charge in [-0.05, 0) is 12.5 Å². The third kappa shape index (κ3) is 1.88. The zero-order valence-corrected chi connectivity index (χ0v) is 11.0. The minimum absolute atomic E-state index is 0.0734. The first kappa shape index (κ1) is 11.8. The summed E-state index contributed by atoms with van der Waals surface area (Å²) in [5.41, 5.74) is 2.61. The molecule has 0 amide bonds. The zero-order valence-electron chi connectivity index (χ0n) is 10.2. The van der Waals surface area contributed by atoms with Crippen molar-refractivity contribution in [2.45, 2.75) is 6.92 Å². The average Bonchev–Trinajstić information content (AvgIpc) is 2.85. The van der Waals surface area contributed by atoms with Gasteiger partial charge in [-0.1, -0.05) is 29.8 Å². The van der Waals surface area contributed by atoms with Crippen LogP contribution in [0.3, 0.4) is 0 Å². The zero-order chi connectivity index (χ0) is 13.4. The number of hydrogen-bond acceptors (Lipinski definition) is 4. The van der Waals surface area contributed by atoms with Crippen molar-refractivity contribution in [1.82, 2.24) is 9.38 Å². The van der Waals surface area contributed by atoms with E-state index in [0.717, 1.165) is 16.8 Å². The Balaban J connectivity index is 2.33. The van der Waals surface area contributed by atoms with Gasteiger partial charge in [-0.3, -0.25) is 14.0 Å². The van der Waals surface area contributed by atoms with Crippen molar-refractivity contribution in [2.75, 3.05) is 0 Å². The molecule has 94 valence electrons. The van der Waals surface area contributed by atoms with Gasteiger partial charge in [0.15, 0.2) is 11.2 Å². The van der Waals surface area contributed by atoms with Crippen molar-refractivity contribution in [3.05, 3.63) is 57.3 Å². The van der Waals surface area contributed by atoms with E-state index in [1.165, 1.54) is 21.9 Å². The number of thiazole rings is 1. The molecule has 0 N–H and O–H groups in total. The first-order valence-corrected chi connectivity index (χ1v) is 6.60. The highest BCUT2D eigenvalue weighted by Gasteiger charge is 2.11. The molecule has 2 heterocycles. The monoisotopic (exact) mass is 270 g/mol. The van der Waals surface area contributed by atoms with Gasteiger partial charge >= 0.3 is 0 Å². The number of carbonyl (C=O) groups is 1. The van der Waals surface area contributed by atoms with Crippen LogP contribution < -0.4 is 5.56 Å². The van der Waals surface area contributed by atoms with E-state index in [-0.39, 0.29) is 11.1 Å². The third-order valence-corrected chi connectivity index (χ3v) is 3.79. The van der Waals surface area contributed by atoms with Gasteiger partial charge in [0.2, 0.25) is 0 Å². The molecule has 0 aliphatic carbocycles. The molecule has 1 aromatic carbocycles. The van der Waals surface area contributed by atoms with Crippen LogP contribution in [0.4, 0.5) is 0 Å². The molecule has 3 rings (SSSR count). The van der Waals surface area contributed by atoms with Gasteiger partial charge in [-0.25, -0.2) is 4.98 Å². The maximum Gasteiger partial charge on any atom is 0.269 e. The van der Waals surface area contributed by atoms with Crippen LogP contribution in [0, 0.1) is 6.92 Å². The predicted molar refractivity (Wildman–Crippen MR) is 74.9 cm³/mol. The number of benzene rings is 1. The molecule has 0 saturated carbocycles. The Morgan fingerprint density at radius 1 is 1.26 bits per heavy atom. The Morgan fingerprint density at radius 3 is 2.68 bits per heavy atom. The third-order valence-electron chi connectivity index (χ3n) is 2.95. The van der Waals surface area contributed by atoms with Crippen molar-refractivity contribution in [2.24, 2.45) is 0 Å². The molecule has 0 atom stereocenters. The molecule has 0 aliphatic rings. The molecule has 4 nitrogen and oxygen atoms in total. The summed E-state index contributed by atoms with van der Waals surface area (Å²) in [5.74, 6) is 0. The van der Waals surface area contributed by atoms with Gasteiger partial charge in [0.1, 0.15) is 0 Å². The molecule has 0 fully saturated rings. The van der Waals surface area contributed by atoms with Crippen LogP contribution in [-0.2, 0) is 0 Å². The van der Waals surface area contributed by atoms with Gasteiger partial charge < -0.3 is 0 Å². The number of carbonyl (C=O) groups excluding carboxylic acids is 1. The summed E-state index contributed by atoms with van der Waals surface area (Å²) in [6.07, 6.45) is 1.86. The Morgan fingerprint density at radius 2 is 2.00 bits per heavy atom. The molecule has 0 bridgehead atoms. The predicted octanol–water partition coefficient (Wildman–Crippen LogP) is 2.54. The van der Waals surface area contributed by atoms with Gasteiger partial charge in [0, 0.05) is 11.6 Å². The van der Waals surface area contributed by atoms with E-state index in [0.29, 0.717) is 11.2 Å². The van der Waals surface area contributed by atoms with E-state index < -0.39 is 0 Å². The molecule has 0 saturated heterocycles. The Bertz CT molecular complexity index is 816. The van der Waals surface area contributed by atoms with Crippen molar-refractivity contribution < 1.29 is 4.79 Å². The maximum absolute atomic E-state index is 12.2. The van der Waals surface area contributed by atoms with Crippen LogP contribution in [-0.4, -0.2) is 15.7 Å². The standard InChI is InChI=1S/C14H10N2O2S/c1-9-2-4-10(5-3-9)12-8-19-14-15-6-11(7-17)13(18)16(12)14/h2-8H,1H3. The lowest BCUT2D eigenvalue weighted by Gasteiger charge is -2.02. The van der Waals surface area contributed by atoms with Crippen LogP contribution in [0.15, 0.2) is 40.6 Å². The number of aryl methyl sites for hydroxylation is 1. The van der Waals surface area contributed by atoms with Gasteiger partial charge in [0.05, 0.1) is 11.3 Å². The van der Waals surface area contributed by atoms with E-state index >= 15 is 0 Å². The molecule has 5 heteroatoms. The highest BCUT2D eigenvalue weighted by molar-refractivity contribution is 7.15. The minimum atomic E-state index is -0.322. The summed E-state index contributed by atoms with van der Waals surface area (Å²) in [6.45, 7) is 2.01. The number of aldehydes is 1. The van der Waals surface area contributed by atoms with E-state index in [2.05, 4.69) is 4.98 Å². The first-order valence-electron chi connectivity index (χ1n) is 5.72. The molecule has 19 heavy (non-hydrogen) atoms. The lowest BCUT2D eigenvalue weighted by Crippen LogP contribution is -2.18. The molecular weight excluding hydrogens is 260 g/mol. The van der Waals surface area contributed by atoms with Gasteiger partial charge in [0.25, 0.3) is 5.56 Å². The highest BCUT2D eigenvalue weighted by Crippen LogP contribution is 2.24. The summed E-state index contributed by atoms with van der Waals surface area (Å²) in [6, 6.07) is 7.88. The van der Waals surface area contributed by atoms with E-state index in [4.69, 9.17) is 0 Å².